The molecular formula is C17H23NO3. The van der Waals surface area contributed by atoms with Gasteiger partial charge in [0.2, 0.25) is 0 Å². The van der Waals surface area contributed by atoms with E-state index < -0.39 is 5.60 Å². The predicted octanol–water partition coefficient (Wildman–Crippen LogP) is 3.61. The van der Waals surface area contributed by atoms with Gasteiger partial charge in [-0.2, -0.15) is 0 Å². The molecule has 114 valence electrons. The average molecular weight is 289 g/mol. The SMILES string of the molecule is CC(C)(C)OC(=O)N1CCCC(c2ccc(C=O)cc2)C1. The van der Waals surface area contributed by atoms with Crippen LogP contribution >= 0.6 is 0 Å². The van der Waals surface area contributed by atoms with Crippen LogP contribution in [0.3, 0.4) is 0 Å². The third-order valence-corrected chi connectivity index (χ3v) is 3.62. The van der Waals surface area contributed by atoms with Crippen LogP contribution in [0.1, 0.15) is 55.5 Å². The lowest BCUT2D eigenvalue weighted by molar-refractivity contribution is 0.0198. The third-order valence-electron chi connectivity index (χ3n) is 3.62. The molecule has 0 aromatic heterocycles. The van der Waals surface area contributed by atoms with Gasteiger partial charge in [0.05, 0.1) is 0 Å². The quantitative estimate of drug-likeness (QED) is 0.781. The van der Waals surface area contributed by atoms with E-state index >= 15 is 0 Å². The molecule has 0 spiro atoms. The molecule has 21 heavy (non-hydrogen) atoms. The molecule has 0 radical (unpaired) electrons. The smallest absolute Gasteiger partial charge is 0.410 e. The van der Waals surface area contributed by atoms with E-state index in [2.05, 4.69) is 0 Å². The van der Waals surface area contributed by atoms with Crippen molar-refractivity contribution in [3.63, 3.8) is 0 Å². The lowest BCUT2D eigenvalue weighted by atomic mass is 9.90. The van der Waals surface area contributed by atoms with E-state index in [1.165, 1.54) is 5.56 Å². The minimum Gasteiger partial charge on any atom is -0.444 e. The highest BCUT2D eigenvalue weighted by Crippen LogP contribution is 2.28. The summed E-state index contributed by atoms with van der Waals surface area (Å²) in [7, 11) is 0. The van der Waals surface area contributed by atoms with Crippen molar-refractivity contribution in [1.29, 1.82) is 0 Å². The lowest BCUT2D eigenvalue weighted by Gasteiger charge is -2.34. The summed E-state index contributed by atoms with van der Waals surface area (Å²) in [4.78, 5) is 24.6. The number of aldehydes is 1. The summed E-state index contributed by atoms with van der Waals surface area (Å²) in [6.07, 6.45) is 2.63. The van der Waals surface area contributed by atoms with Crippen LogP contribution in [0.15, 0.2) is 24.3 Å². The summed E-state index contributed by atoms with van der Waals surface area (Å²) in [5.74, 6) is 0.312. The van der Waals surface area contributed by atoms with E-state index in [1.807, 2.05) is 45.0 Å². The Morgan fingerprint density at radius 1 is 1.29 bits per heavy atom. The van der Waals surface area contributed by atoms with Crippen LogP contribution in [-0.2, 0) is 4.74 Å². The number of nitrogens with zero attached hydrogens (tertiary/aromatic N) is 1. The van der Waals surface area contributed by atoms with E-state index in [0.29, 0.717) is 18.0 Å². The number of carbonyl (C=O) groups is 2. The second kappa shape index (κ2) is 6.29. The van der Waals surface area contributed by atoms with E-state index in [4.69, 9.17) is 4.74 Å². The zero-order valence-electron chi connectivity index (χ0n) is 13.0. The summed E-state index contributed by atoms with van der Waals surface area (Å²) < 4.78 is 5.44. The first-order valence-electron chi connectivity index (χ1n) is 7.42. The fourth-order valence-electron chi connectivity index (χ4n) is 2.59. The Hall–Kier alpha value is -1.84. The van der Waals surface area contributed by atoms with Gasteiger partial charge in [0, 0.05) is 24.6 Å². The van der Waals surface area contributed by atoms with E-state index in [0.717, 1.165) is 25.7 Å². The molecule has 1 heterocycles. The van der Waals surface area contributed by atoms with Crippen molar-refractivity contribution in [1.82, 2.24) is 4.90 Å². The molecule has 2 rings (SSSR count). The van der Waals surface area contributed by atoms with E-state index in [9.17, 15) is 9.59 Å². The summed E-state index contributed by atoms with van der Waals surface area (Å²) in [6.45, 7) is 7.06. The maximum absolute atomic E-state index is 12.1. The number of hydrogen-bond acceptors (Lipinski definition) is 3. The Morgan fingerprint density at radius 3 is 2.52 bits per heavy atom. The highest BCUT2D eigenvalue weighted by atomic mass is 16.6. The first-order chi connectivity index (χ1) is 9.89. The number of likely N-dealkylation sites (tertiary alicyclic amines) is 1. The lowest BCUT2D eigenvalue weighted by Crippen LogP contribution is -2.42. The maximum Gasteiger partial charge on any atom is 0.410 e. The number of carbonyl (C=O) groups excluding carboxylic acids is 2. The van der Waals surface area contributed by atoms with Gasteiger partial charge in [-0.1, -0.05) is 24.3 Å². The molecule has 0 bridgehead atoms. The van der Waals surface area contributed by atoms with Crippen molar-refractivity contribution < 1.29 is 14.3 Å². The number of piperidine rings is 1. The predicted molar refractivity (Wildman–Crippen MR) is 81.6 cm³/mol. The minimum atomic E-state index is -0.463. The Morgan fingerprint density at radius 2 is 1.95 bits per heavy atom. The Balaban J connectivity index is 2.02. The fraction of sp³-hybridized carbons (Fsp3) is 0.529. The largest absolute Gasteiger partial charge is 0.444 e. The second-order valence-corrected chi connectivity index (χ2v) is 6.55. The number of hydrogen-bond donors (Lipinski definition) is 0. The molecule has 0 N–H and O–H groups in total. The minimum absolute atomic E-state index is 0.239. The zero-order chi connectivity index (χ0) is 15.5. The number of benzene rings is 1. The van der Waals surface area contributed by atoms with Crippen LogP contribution in [0.2, 0.25) is 0 Å². The number of ether oxygens (including phenoxy) is 1. The van der Waals surface area contributed by atoms with Gasteiger partial charge >= 0.3 is 6.09 Å². The maximum atomic E-state index is 12.1. The van der Waals surface area contributed by atoms with Gasteiger partial charge in [0.1, 0.15) is 11.9 Å². The molecule has 1 atom stereocenters. The molecule has 1 aromatic carbocycles. The van der Waals surface area contributed by atoms with Crippen LogP contribution in [0, 0.1) is 0 Å². The highest BCUT2D eigenvalue weighted by Gasteiger charge is 2.28. The fourth-order valence-corrected chi connectivity index (χ4v) is 2.59. The molecule has 1 aromatic rings. The molecule has 1 saturated heterocycles. The Kier molecular flexibility index (Phi) is 4.66. The van der Waals surface area contributed by atoms with Crippen LogP contribution in [0.5, 0.6) is 0 Å². The molecule has 1 amide bonds. The van der Waals surface area contributed by atoms with Gasteiger partial charge in [-0.3, -0.25) is 4.79 Å². The van der Waals surface area contributed by atoms with Crippen molar-refractivity contribution in [2.45, 2.75) is 45.1 Å². The molecule has 0 saturated carbocycles. The second-order valence-electron chi connectivity index (χ2n) is 6.55. The van der Waals surface area contributed by atoms with E-state index in [-0.39, 0.29) is 6.09 Å². The van der Waals surface area contributed by atoms with Crippen molar-refractivity contribution in [3.05, 3.63) is 35.4 Å². The number of amides is 1. The zero-order valence-corrected chi connectivity index (χ0v) is 13.0. The molecule has 1 aliphatic rings. The first-order valence-corrected chi connectivity index (χ1v) is 7.42. The van der Waals surface area contributed by atoms with Crippen LogP contribution in [0.4, 0.5) is 4.79 Å². The van der Waals surface area contributed by atoms with Crippen LogP contribution in [0.25, 0.3) is 0 Å². The Bertz CT molecular complexity index is 502. The summed E-state index contributed by atoms with van der Waals surface area (Å²) in [6, 6.07) is 7.61. The molecule has 4 heteroatoms. The molecule has 1 aliphatic heterocycles. The van der Waals surface area contributed by atoms with Crippen molar-refractivity contribution >= 4 is 12.4 Å². The van der Waals surface area contributed by atoms with Crippen molar-refractivity contribution in [2.24, 2.45) is 0 Å². The van der Waals surface area contributed by atoms with Crippen molar-refractivity contribution in [2.75, 3.05) is 13.1 Å². The standard InChI is InChI=1S/C17H23NO3/c1-17(2,3)21-16(20)18-10-4-5-15(11-18)14-8-6-13(12-19)7-9-14/h6-9,12,15H,4-5,10-11H2,1-3H3. The topological polar surface area (TPSA) is 46.6 Å². The average Bonchev–Trinajstić information content (AvgIpc) is 2.46. The third kappa shape index (κ3) is 4.31. The first kappa shape index (κ1) is 15.5. The molecule has 1 unspecified atom stereocenters. The van der Waals surface area contributed by atoms with Gasteiger partial charge in [-0.15, -0.1) is 0 Å². The summed E-state index contributed by atoms with van der Waals surface area (Å²) in [5, 5.41) is 0. The number of rotatable bonds is 2. The monoisotopic (exact) mass is 289 g/mol. The van der Waals surface area contributed by atoms with Gasteiger partial charge in [-0.05, 0) is 39.2 Å². The summed E-state index contributed by atoms with van der Waals surface area (Å²) in [5.41, 5.74) is 1.39. The van der Waals surface area contributed by atoms with Gasteiger partial charge in [0.25, 0.3) is 0 Å². The molecule has 0 aliphatic carbocycles. The molecule has 4 nitrogen and oxygen atoms in total. The highest BCUT2D eigenvalue weighted by molar-refractivity contribution is 5.74. The van der Waals surface area contributed by atoms with Gasteiger partial charge < -0.3 is 9.64 Å². The molecular weight excluding hydrogens is 266 g/mol. The van der Waals surface area contributed by atoms with Crippen LogP contribution in [-0.4, -0.2) is 36.0 Å². The Labute approximate surface area is 126 Å². The van der Waals surface area contributed by atoms with Gasteiger partial charge in [-0.25, -0.2) is 4.79 Å². The van der Waals surface area contributed by atoms with Crippen molar-refractivity contribution in [3.8, 4) is 0 Å². The molecule has 1 fully saturated rings. The van der Waals surface area contributed by atoms with Gasteiger partial charge in [0.15, 0.2) is 0 Å². The normalized spacial score (nSPS) is 19.2. The van der Waals surface area contributed by atoms with Crippen LogP contribution < -0.4 is 0 Å². The summed E-state index contributed by atoms with van der Waals surface area (Å²) >= 11 is 0. The van der Waals surface area contributed by atoms with E-state index in [1.54, 1.807) is 4.90 Å².